The molecule has 0 aliphatic heterocycles. The van der Waals surface area contributed by atoms with Gasteiger partial charge in [0.1, 0.15) is 0 Å². The molecule has 0 unspecified atom stereocenters. The number of alkyl halides is 3. The lowest BCUT2D eigenvalue weighted by molar-refractivity contribution is -0.137. The first-order valence-electron chi connectivity index (χ1n) is 9.12. The summed E-state index contributed by atoms with van der Waals surface area (Å²) in [7, 11) is 1.73. The minimum Gasteiger partial charge on any atom is -0.376 e. The number of benzene rings is 2. The number of anilines is 1. The summed E-state index contributed by atoms with van der Waals surface area (Å²) in [6.07, 6.45) is -4.43. The van der Waals surface area contributed by atoms with E-state index in [1.807, 2.05) is 13.8 Å². The molecule has 0 aliphatic rings. The number of amides is 2. The summed E-state index contributed by atoms with van der Waals surface area (Å²) in [5.41, 5.74) is 0.802. The fraction of sp³-hybridized carbons (Fsp3) is 0.333. The van der Waals surface area contributed by atoms with E-state index in [4.69, 9.17) is 0 Å². The number of nitrogens with one attached hydrogen (secondary N) is 2. The van der Waals surface area contributed by atoms with Gasteiger partial charge >= 0.3 is 6.18 Å². The molecular weight excluding hydrogens is 383 g/mol. The number of hydrogen-bond acceptors (Lipinski definition) is 3. The lowest BCUT2D eigenvalue weighted by Crippen LogP contribution is -2.33. The van der Waals surface area contributed by atoms with Crippen LogP contribution in [0.4, 0.5) is 18.9 Å². The maximum Gasteiger partial charge on any atom is 0.416 e. The second kappa shape index (κ2) is 9.45. The first-order valence-corrected chi connectivity index (χ1v) is 9.12. The number of halogens is 3. The quantitative estimate of drug-likeness (QED) is 0.732. The molecule has 2 aromatic rings. The highest BCUT2D eigenvalue weighted by atomic mass is 19.4. The number of rotatable bonds is 7. The lowest BCUT2D eigenvalue weighted by atomic mass is 10.1. The molecule has 2 rings (SSSR count). The van der Waals surface area contributed by atoms with Crippen LogP contribution in [-0.4, -0.2) is 36.3 Å². The summed E-state index contributed by atoms with van der Waals surface area (Å²) in [6, 6.07) is 11.7. The van der Waals surface area contributed by atoms with Crippen molar-refractivity contribution in [1.29, 1.82) is 0 Å². The Kier molecular flexibility index (Phi) is 7.25. The van der Waals surface area contributed by atoms with Gasteiger partial charge in [-0.15, -0.1) is 0 Å². The van der Waals surface area contributed by atoms with Crippen molar-refractivity contribution >= 4 is 17.5 Å². The van der Waals surface area contributed by atoms with Crippen molar-refractivity contribution in [3.05, 3.63) is 65.2 Å². The average Bonchev–Trinajstić information content (AvgIpc) is 2.69. The van der Waals surface area contributed by atoms with E-state index in [-0.39, 0.29) is 36.6 Å². The largest absolute Gasteiger partial charge is 0.416 e. The van der Waals surface area contributed by atoms with Crippen LogP contribution in [0.3, 0.4) is 0 Å². The molecule has 2 amide bonds. The van der Waals surface area contributed by atoms with Gasteiger partial charge in [0, 0.05) is 30.9 Å². The molecule has 8 heteroatoms. The van der Waals surface area contributed by atoms with Gasteiger partial charge in [-0.05, 0) is 49.7 Å². The molecule has 0 spiro atoms. The van der Waals surface area contributed by atoms with E-state index < -0.39 is 11.7 Å². The van der Waals surface area contributed by atoms with E-state index in [0.717, 1.165) is 17.7 Å². The van der Waals surface area contributed by atoms with Gasteiger partial charge in [-0.3, -0.25) is 9.59 Å². The van der Waals surface area contributed by atoms with Crippen LogP contribution in [0.25, 0.3) is 0 Å². The van der Waals surface area contributed by atoms with Gasteiger partial charge in [-0.1, -0.05) is 18.2 Å². The number of nitrogens with zero attached hydrogens (tertiary/aromatic N) is 1. The Labute approximate surface area is 167 Å². The SMILES string of the molecule is CC(C)N(C)C(=O)c1ccc(CNC(=O)CNc2cccc(C(F)(F)F)c2)cc1. The van der Waals surface area contributed by atoms with Crippen LogP contribution in [0.2, 0.25) is 0 Å². The zero-order valence-corrected chi connectivity index (χ0v) is 16.5. The minimum absolute atomic E-state index is 0.0825. The van der Waals surface area contributed by atoms with Gasteiger partial charge in [0.25, 0.3) is 5.91 Å². The third kappa shape index (κ3) is 6.51. The zero-order valence-electron chi connectivity index (χ0n) is 16.5. The Morgan fingerprint density at radius 2 is 1.72 bits per heavy atom. The number of hydrogen-bond donors (Lipinski definition) is 2. The molecule has 0 aliphatic carbocycles. The van der Waals surface area contributed by atoms with E-state index in [2.05, 4.69) is 10.6 Å². The highest BCUT2D eigenvalue weighted by molar-refractivity contribution is 5.94. The van der Waals surface area contributed by atoms with Crippen LogP contribution >= 0.6 is 0 Å². The first kappa shape index (κ1) is 22.3. The molecule has 2 N–H and O–H groups in total. The molecule has 0 atom stereocenters. The van der Waals surface area contributed by atoms with Crippen molar-refractivity contribution in [3.63, 3.8) is 0 Å². The van der Waals surface area contributed by atoms with Crippen molar-refractivity contribution in [3.8, 4) is 0 Å². The predicted octanol–water partition coefficient (Wildman–Crippen LogP) is 3.91. The summed E-state index contributed by atoms with van der Waals surface area (Å²) in [5.74, 6) is -0.442. The molecule has 156 valence electrons. The maximum atomic E-state index is 12.7. The molecule has 5 nitrogen and oxygen atoms in total. The summed E-state index contributed by atoms with van der Waals surface area (Å²) in [4.78, 5) is 25.8. The molecule has 0 radical (unpaired) electrons. The van der Waals surface area contributed by atoms with Crippen LogP contribution in [0.15, 0.2) is 48.5 Å². The summed E-state index contributed by atoms with van der Waals surface area (Å²) in [5, 5.41) is 5.36. The van der Waals surface area contributed by atoms with E-state index in [1.54, 1.807) is 36.2 Å². The van der Waals surface area contributed by atoms with Gasteiger partial charge in [-0.2, -0.15) is 13.2 Å². The maximum absolute atomic E-state index is 12.7. The standard InChI is InChI=1S/C21H24F3N3O2/c1-14(2)27(3)20(29)16-9-7-15(8-10-16)12-26-19(28)13-25-18-6-4-5-17(11-18)21(22,23)24/h4-11,14,25H,12-13H2,1-3H3,(H,26,28). The topological polar surface area (TPSA) is 61.4 Å². The minimum atomic E-state index is -4.43. The molecule has 0 fully saturated rings. The fourth-order valence-electron chi connectivity index (χ4n) is 2.45. The fourth-order valence-corrected chi connectivity index (χ4v) is 2.45. The average molecular weight is 407 g/mol. The van der Waals surface area contributed by atoms with Crippen molar-refractivity contribution in [2.75, 3.05) is 18.9 Å². The zero-order chi connectivity index (χ0) is 21.6. The normalized spacial score (nSPS) is 11.3. The van der Waals surface area contributed by atoms with Crippen molar-refractivity contribution in [2.24, 2.45) is 0 Å². The van der Waals surface area contributed by atoms with E-state index >= 15 is 0 Å². The van der Waals surface area contributed by atoms with Crippen LogP contribution < -0.4 is 10.6 Å². The smallest absolute Gasteiger partial charge is 0.376 e. The second-order valence-electron chi connectivity index (χ2n) is 6.92. The van der Waals surface area contributed by atoms with Gasteiger partial charge < -0.3 is 15.5 Å². The molecule has 0 aromatic heterocycles. The molecule has 2 aromatic carbocycles. The Bertz CT molecular complexity index is 849. The third-order valence-corrected chi connectivity index (χ3v) is 4.43. The number of carbonyl (C=O) groups is 2. The molecule has 29 heavy (non-hydrogen) atoms. The molecule has 0 bridgehead atoms. The van der Waals surface area contributed by atoms with Crippen LogP contribution in [0, 0.1) is 0 Å². The third-order valence-electron chi connectivity index (χ3n) is 4.43. The van der Waals surface area contributed by atoms with E-state index in [1.165, 1.54) is 12.1 Å². The van der Waals surface area contributed by atoms with Crippen molar-refractivity contribution < 1.29 is 22.8 Å². The highest BCUT2D eigenvalue weighted by Crippen LogP contribution is 2.30. The Hall–Kier alpha value is -3.03. The van der Waals surface area contributed by atoms with Crippen LogP contribution in [-0.2, 0) is 17.5 Å². The van der Waals surface area contributed by atoms with E-state index in [0.29, 0.717) is 5.56 Å². The number of carbonyl (C=O) groups excluding carboxylic acids is 2. The Morgan fingerprint density at radius 3 is 2.31 bits per heavy atom. The summed E-state index contributed by atoms with van der Waals surface area (Å²) < 4.78 is 38.1. The first-order chi connectivity index (χ1) is 13.6. The van der Waals surface area contributed by atoms with Gasteiger partial charge in [0.2, 0.25) is 5.91 Å². The monoisotopic (exact) mass is 407 g/mol. The highest BCUT2D eigenvalue weighted by Gasteiger charge is 2.30. The van der Waals surface area contributed by atoms with Crippen molar-refractivity contribution in [1.82, 2.24) is 10.2 Å². The lowest BCUT2D eigenvalue weighted by Gasteiger charge is -2.21. The molecule has 0 heterocycles. The van der Waals surface area contributed by atoms with E-state index in [9.17, 15) is 22.8 Å². The molecule has 0 saturated carbocycles. The Morgan fingerprint density at radius 1 is 1.07 bits per heavy atom. The van der Waals surface area contributed by atoms with Gasteiger partial charge in [0.15, 0.2) is 0 Å². The second-order valence-corrected chi connectivity index (χ2v) is 6.92. The van der Waals surface area contributed by atoms with Crippen LogP contribution in [0.5, 0.6) is 0 Å². The predicted molar refractivity (Wildman–Crippen MR) is 105 cm³/mol. The molecule has 0 saturated heterocycles. The Balaban J connectivity index is 1.84. The van der Waals surface area contributed by atoms with Crippen molar-refractivity contribution in [2.45, 2.75) is 32.6 Å². The van der Waals surface area contributed by atoms with Gasteiger partial charge in [0.05, 0.1) is 12.1 Å². The summed E-state index contributed by atoms with van der Waals surface area (Å²) in [6.45, 7) is 3.94. The van der Waals surface area contributed by atoms with Gasteiger partial charge in [-0.25, -0.2) is 0 Å². The van der Waals surface area contributed by atoms with Crippen LogP contribution in [0.1, 0.15) is 35.3 Å². The summed E-state index contributed by atoms with van der Waals surface area (Å²) >= 11 is 0. The molecular formula is C21H24F3N3O2.